The van der Waals surface area contributed by atoms with Gasteiger partial charge in [-0.1, -0.05) is 38.3 Å². The lowest BCUT2D eigenvalue weighted by Crippen LogP contribution is -2.03. The lowest BCUT2D eigenvalue weighted by molar-refractivity contribution is 0.679. The van der Waals surface area contributed by atoms with Gasteiger partial charge in [-0.15, -0.1) is 0 Å². The number of allylic oxidation sites excluding steroid dienone is 1. The third kappa shape index (κ3) is 3.85. The summed E-state index contributed by atoms with van der Waals surface area (Å²) in [5.74, 6) is 1.34. The molecule has 0 N–H and O–H groups in total. The van der Waals surface area contributed by atoms with E-state index in [2.05, 4.69) is 30.8 Å². The molecule has 0 nitrogen and oxygen atoms in total. The Balaban J connectivity index is 2.05. The molecule has 1 heteroatoms. The average Bonchev–Trinajstić information content (AvgIpc) is 2.07. The van der Waals surface area contributed by atoms with Crippen molar-refractivity contribution in [1.29, 1.82) is 0 Å². The van der Waals surface area contributed by atoms with Crippen LogP contribution in [-0.2, 0) is 0 Å². The highest BCUT2D eigenvalue weighted by molar-refractivity contribution is 8.00. The van der Waals surface area contributed by atoms with Gasteiger partial charge < -0.3 is 0 Å². The van der Waals surface area contributed by atoms with E-state index in [4.69, 9.17) is 0 Å². The summed E-state index contributed by atoms with van der Waals surface area (Å²) in [5, 5.41) is 0.843. The summed E-state index contributed by atoms with van der Waals surface area (Å²) in [5.41, 5.74) is 0. The van der Waals surface area contributed by atoms with Crippen LogP contribution in [0.3, 0.4) is 0 Å². The van der Waals surface area contributed by atoms with Crippen LogP contribution >= 0.6 is 11.8 Å². The van der Waals surface area contributed by atoms with Crippen molar-refractivity contribution in [3.63, 3.8) is 0 Å². The van der Waals surface area contributed by atoms with Crippen molar-refractivity contribution in [2.45, 2.75) is 44.3 Å². The van der Waals surface area contributed by atoms with Crippen molar-refractivity contribution in [1.82, 2.24) is 0 Å². The zero-order valence-corrected chi connectivity index (χ0v) is 8.20. The van der Waals surface area contributed by atoms with Gasteiger partial charge in [0.2, 0.25) is 0 Å². The summed E-state index contributed by atoms with van der Waals surface area (Å²) >= 11 is 2.13. The Hall–Kier alpha value is 0.0900. The predicted octanol–water partition coefficient (Wildman–Crippen LogP) is 3.63. The van der Waals surface area contributed by atoms with Gasteiger partial charge in [0.1, 0.15) is 0 Å². The van der Waals surface area contributed by atoms with Crippen molar-refractivity contribution in [3.05, 3.63) is 12.2 Å². The van der Waals surface area contributed by atoms with Crippen LogP contribution < -0.4 is 0 Å². The summed E-state index contributed by atoms with van der Waals surface area (Å²) in [6.45, 7) is 2.27. The fraction of sp³-hybridized carbons (Fsp3) is 0.800. The highest BCUT2D eigenvalue weighted by atomic mass is 32.2. The van der Waals surface area contributed by atoms with Crippen LogP contribution in [0.1, 0.15) is 39.0 Å². The third-order valence-corrected chi connectivity index (χ3v) is 3.35. The topological polar surface area (TPSA) is 0 Å². The molecule has 0 spiro atoms. The van der Waals surface area contributed by atoms with Crippen molar-refractivity contribution in [3.8, 4) is 0 Å². The SMILES string of the molecule is CCCCC[C@@H]1C=CCCS1. The van der Waals surface area contributed by atoms with Crippen LogP contribution in [0.25, 0.3) is 0 Å². The second-order valence-corrected chi connectivity index (χ2v) is 4.47. The monoisotopic (exact) mass is 170 g/mol. The first-order valence-electron chi connectivity index (χ1n) is 4.71. The van der Waals surface area contributed by atoms with Crippen LogP contribution in [0.15, 0.2) is 12.2 Å². The van der Waals surface area contributed by atoms with Crippen LogP contribution in [0.4, 0.5) is 0 Å². The molecule has 1 heterocycles. The number of hydrogen-bond acceptors (Lipinski definition) is 1. The van der Waals surface area contributed by atoms with Gasteiger partial charge in [0.25, 0.3) is 0 Å². The van der Waals surface area contributed by atoms with Gasteiger partial charge in [0.05, 0.1) is 0 Å². The summed E-state index contributed by atoms with van der Waals surface area (Å²) in [6.07, 6.45) is 11.6. The minimum Gasteiger partial charge on any atom is -0.154 e. The zero-order valence-electron chi connectivity index (χ0n) is 7.38. The first-order valence-corrected chi connectivity index (χ1v) is 5.76. The Morgan fingerprint density at radius 3 is 3.00 bits per heavy atom. The molecule has 0 saturated carbocycles. The van der Waals surface area contributed by atoms with E-state index in [9.17, 15) is 0 Å². The maximum Gasteiger partial charge on any atom is 0.0227 e. The number of hydrogen-bond donors (Lipinski definition) is 0. The normalized spacial score (nSPS) is 23.9. The lowest BCUT2D eigenvalue weighted by Gasteiger charge is -2.15. The van der Waals surface area contributed by atoms with E-state index in [1.54, 1.807) is 0 Å². The van der Waals surface area contributed by atoms with E-state index >= 15 is 0 Å². The van der Waals surface area contributed by atoms with Gasteiger partial charge in [0, 0.05) is 5.25 Å². The van der Waals surface area contributed by atoms with Crippen molar-refractivity contribution < 1.29 is 0 Å². The second kappa shape index (κ2) is 5.70. The van der Waals surface area contributed by atoms with E-state index in [1.807, 2.05) is 0 Å². The van der Waals surface area contributed by atoms with Crippen LogP contribution in [0.2, 0.25) is 0 Å². The first kappa shape index (κ1) is 9.18. The molecule has 1 aliphatic heterocycles. The molecule has 1 atom stereocenters. The Kier molecular flexibility index (Phi) is 4.76. The smallest absolute Gasteiger partial charge is 0.0227 e. The summed E-state index contributed by atoms with van der Waals surface area (Å²) in [4.78, 5) is 0. The van der Waals surface area contributed by atoms with Gasteiger partial charge >= 0.3 is 0 Å². The first-order chi connectivity index (χ1) is 5.43. The Morgan fingerprint density at radius 1 is 1.45 bits per heavy atom. The maximum absolute atomic E-state index is 2.39. The number of thioether (sulfide) groups is 1. The fourth-order valence-electron chi connectivity index (χ4n) is 1.37. The highest BCUT2D eigenvalue weighted by Gasteiger charge is 2.06. The zero-order chi connectivity index (χ0) is 7.94. The van der Waals surface area contributed by atoms with E-state index in [1.165, 1.54) is 37.9 Å². The molecule has 0 amide bonds. The van der Waals surface area contributed by atoms with E-state index < -0.39 is 0 Å². The van der Waals surface area contributed by atoms with Crippen LogP contribution in [0, 0.1) is 0 Å². The molecular weight excluding hydrogens is 152 g/mol. The molecule has 0 aliphatic carbocycles. The molecule has 0 bridgehead atoms. The van der Waals surface area contributed by atoms with Gasteiger partial charge in [-0.25, -0.2) is 0 Å². The Morgan fingerprint density at radius 2 is 2.36 bits per heavy atom. The molecule has 64 valence electrons. The van der Waals surface area contributed by atoms with Crippen molar-refractivity contribution in [2.24, 2.45) is 0 Å². The highest BCUT2D eigenvalue weighted by Crippen LogP contribution is 2.23. The van der Waals surface area contributed by atoms with Crippen LogP contribution in [0.5, 0.6) is 0 Å². The van der Waals surface area contributed by atoms with E-state index in [-0.39, 0.29) is 0 Å². The van der Waals surface area contributed by atoms with Crippen LogP contribution in [-0.4, -0.2) is 11.0 Å². The van der Waals surface area contributed by atoms with Crippen molar-refractivity contribution >= 4 is 11.8 Å². The molecule has 0 fully saturated rings. The molecule has 0 aromatic heterocycles. The summed E-state index contributed by atoms with van der Waals surface area (Å²) in [6, 6.07) is 0. The molecule has 11 heavy (non-hydrogen) atoms. The average molecular weight is 170 g/mol. The molecular formula is C10H18S. The molecule has 1 aliphatic rings. The standard InChI is InChI=1S/C10H18S/c1-2-3-4-7-10-8-5-6-9-11-10/h5,8,10H,2-4,6-7,9H2,1H3/t10-/m1/s1. The third-order valence-electron chi connectivity index (χ3n) is 2.06. The Labute approximate surface area is 74.5 Å². The Bertz CT molecular complexity index is 118. The van der Waals surface area contributed by atoms with Gasteiger partial charge in [-0.3, -0.25) is 0 Å². The largest absolute Gasteiger partial charge is 0.154 e. The second-order valence-electron chi connectivity index (χ2n) is 3.12. The molecule has 0 aromatic rings. The molecule has 0 aromatic carbocycles. The molecule has 0 saturated heterocycles. The van der Waals surface area contributed by atoms with E-state index in [0.29, 0.717) is 0 Å². The van der Waals surface area contributed by atoms with Gasteiger partial charge in [0.15, 0.2) is 0 Å². The fourth-order valence-corrected chi connectivity index (χ4v) is 2.50. The van der Waals surface area contributed by atoms with Crippen molar-refractivity contribution in [2.75, 3.05) is 5.75 Å². The quantitative estimate of drug-likeness (QED) is 0.458. The molecule has 0 radical (unpaired) electrons. The summed E-state index contributed by atoms with van der Waals surface area (Å²) in [7, 11) is 0. The maximum atomic E-state index is 2.39. The number of rotatable bonds is 4. The summed E-state index contributed by atoms with van der Waals surface area (Å²) < 4.78 is 0. The van der Waals surface area contributed by atoms with E-state index in [0.717, 1.165) is 5.25 Å². The minimum atomic E-state index is 0.843. The number of unbranched alkanes of at least 4 members (excludes halogenated alkanes) is 2. The predicted molar refractivity (Wildman–Crippen MR) is 54.1 cm³/mol. The van der Waals surface area contributed by atoms with Gasteiger partial charge in [-0.2, -0.15) is 11.8 Å². The van der Waals surface area contributed by atoms with Gasteiger partial charge in [-0.05, 0) is 18.6 Å². The molecule has 0 unspecified atom stereocenters. The lowest BCUT2D eigenvalue weighted by atomic mass is 10.1. The minimum absolute atomic E-state index is 0.843. The molecule has 1 rings (SSSR count).